The fourth-order valence-electron chi connectivity index (χ4n) is 2.89. The summed E-state index contributed by atoms with van der Waals surface area (Å²) in [6.07, 6.45) is -0.853. The van der Waals surface area contributed by atoms with E-state index in [-0.39, 0.29) is 12.5 Å². The average molecular weight is 351 g/mol. The van der Waals surface area contributed by atoms with Crippen molar-refractivity contribution in [2.45, 2.75) is 6.10 Å². The number of aliphatic hydroxyl groups excluding tert-OH is 1. The van der Waals surface area contributed by atoms with Gasteiger partial charge < -0.3 is 19.9 Å². The van der Waals surface area contributed by atoms with E-state index in [0.29, 0.717) is 22.6 Å². The Morgan fingerprint density at radius 2 is 1.73 bits per heavy atom. The van der Waals surface area contributed by atoms with Crippen molar-refractivity contribution < 1.29 is 19.4 Å². The van der Waals surface area contributed by atoms with E-state index in [0.717, 1.165) is 10.8 Å². The molecule has 5 heteroatoms. The Labute approximate surface area is 152 Å². The number of aliphatic hydroxyl groups is 1. The van der Waals surface area contributed by atoms with Gasteiger partial charge in [0.05, 0.1) is 20.3 Å². The van der Waals surface area contributed by atoms with Crippen molar-refractivity contribution in [3.63, 3.8) is 0 Å². The second-order valence-corrected chi connectivity index (χ2v) is 5.87. The van der Waals surface area contributed by atoms with Crippen LogP contribution in [0.15, 0.2) is 60.7 Å². The lowest BCUT2D eigenvalue weighted by molar-refractivity contribution is 0.0918. The topological polar surface area (TPSA) is 67.8 Å². The van der Waals surface area contributed by atoms with Crippen LogP contribution in [0.4, 0.5) is 0 Å². The second-order valence-electron chi connectivity index (χ2n) is 5.87. The van der Waals surface area contributed by atoms with E-state index in [2.05, 4.69) is 5.32 Å². The minimum absolute atomic E-state index is 0.0948. The molecule has 0 aliphatic rings. The average Bonchev–Trinajstić information content (AvgIpc) is 2.70. The molecule has 3 aromatic rings. The molecule has 0 spiro atoms. The first-order valence-electron chi connectivity index (χ1n) is 8.30. The van der Waals surface area contributed by atoms with Crippen molar-refractivity contribution in [2.24, 2.45) is 0 Å². The largest absolute Gasteiger partial charge is 0.493 e. The molecule has 5 nitrogen and oxygen atoms in total. The quantitative estimate of drug-likeness (QED) is 0.715. The van der Waals surface area contributed by atoms with E-state index < -0.39 is 6.10 Å². The Morgan fingerprint density at radius 3 is 2.50 bits per heavy atom. The Kier molecular flexibility index (Phi) is 5.39. The number of ether oxygens (including phenoxy) is 2. The number of hydrogen-bond donors (Lipinski definition) is 2. The van der Waals surface area contributed by atoms with E-state index in [1.807, 2.05) is 36.4 Å². The van der Waals surface area contributed by atoms with E-state index in [4.69, 9.17) is 9.47 Å². The first-order chi connectivity index (χ1) is 12.6. The van der Waals surface area contributed by atoms with Gasteiger partial charge >= 0.3 is 0 Å². The van der Waals surface area contributed by atoms with E-state index in [1.165, 1.54) is 7.11 Å². The summed E-state index contributed by atoms with van der Waals surface area (Å²) in [5.74, 6) is 0.897. The molecule has 1 amide bonds. The maximum absolute atomic E-state index is 12.6. The van der Waals surface area contributed by atoms with Gasteiger partial charge in [-0.3, -0.25) is 4.79 Å². The summed E-state index contributed by atoms with van der Waals surface area (Å²) in [5, 5.41) is 15.1. The SMILES string of the molecule is COc1ccc([C@H](O)CNC(=O)c2cccc3ccccc23)cc1OC. The molecule has 0 aliphatic carbocycles. The van der Waals surface area contributed by atoms with Crippen molar-refractivity contribution in [3.8, 4) is 11.5 Å². The van der Waals surface area contributed by atoms with E-state index in [1.54, 1.807) is 31.4 Å². The monoisotopic (exact) mass is 351 g/mol. The van der Waals surface area contributed by atoms with Gasteiger partial charge in [0, 0.05) is 12.1 Å². The van der Waals surface area contributed by atoms with Crippen LogP contribution in [0.25, 0.3) is 10.8 Å². The summed E-state index contributed by atoms with van der Waals surface area (Å²) in [7, 11) is 3.09. The second kappa shape index (κ2) is 7.89. The maximum atomic E-state index is 12.6. The number of amides is 1. The van der Waals surface area contributed by atoms with E-state index in [9.17, 15) is 9.90 Å². The third kappa shape index (κ3) is 3.63. The molecule has 134 valence electrons. The number of nitrogens with one attached hydrogen (secondary N) is 1. The van der Waals surface area contributed by atoms with Crippen molar-refractivity contribution in [1.82, 2.24) is 5.32 Å². The van der Waals surface area contributed by atoms with Crippen LogP contribution in [-0.2, 0) is 0 Å². The molecular weight excluding hydrogens is 330 g/mol. The predicted molar refractivity (Wildman–Crippen MR) is 101 cm³/mol. The zero-order valence-electron chi connectivity index (χ0n) is 14.7. The zero-order chi connectivity index (χ0) is 18.5. The summed E-state index contributed by atoms with van der Waals surface area (Å²) in [4.78, 5) is 12.6. The summed E-state index contributed by atoms with van der Waals surface area (Å²) < 4.78 is 10.4. The lowest BCUT2D eigenvalue weighted by atomic mass is 10.0. The standard InChI is InChI=1S/C21H21NO4/c1-25-19-11-10-15(12-20(19)26-2)18(23)13-22-21(24)17-9-5-7-14-6-3-4-8-16(14)17/h3-12,18,23H,13H2,1-2H3,(H,22,24)/t18-/m1/s1. The fourth-order valence-corrected chi connectivity index (χ4v) is 2.89. The van der Waals surface area contributed by atoms with Crippen LogP contribution in [0.3, 0.4) is 0 Å². The summed E-state index contributed by atoms with van der Waals surface area (Å²) in [5.41, 5.74) is 1.23. The number of carbonyl (C=O) groups is 1. The highest BCUT2D eigenvalue weighted by Gasteiger charge is 2.15. The van der Waals surface area contributed by atoms with Crippen molar-refractivity contribution in [2.75, 3.05) is 20.8 Å². The fraction of sp³-hybridized carbons (Fsp3) is 0.190. The van der Waals surface area contributed by atoms with Gasteiger partial charge in [-0.1, -0.05) is 42.5 Å². The molecule has 0 radical (unpaired) electrons. The Bertz CT molecular complexity index is 918. The normalized spacial score (nSPS) is 11.8. The first kappa shape index (κ1) is 17.8. The number of rotatable bonds is 6. The third-order valence-electron chi connectivity index (χ3n) is 4.28. The molecule has 0 aromatic heterocycles. The maximum Gasteiger partial charge on any atom is 0.252 e. The van der Waals surface area contributed by atoms with Crippen LogP contribution in [0.5, 0.6) is 11.5 Å². The summed E-state index contributed by atoms with van der Waals surface area (Å²) in [6, 6.07) is 18.5. The number of carbonyl (C=O) groups excluding carboxylic acids is 1. The smallest absolute Gasteiger partial charge is 0.252 e. The van der Waals surface area contributed by atoms with E-state index >= 15 is 0 Å². The van der Waals surface area contributed by atoms with Crippen molar-refractivity contribution >= 4 is 16.7 Å². The molecule has 0 fully saturated rings. The minimum atomic E-state index is -0.853. The highest BCUT2D eigenvalue weighted by Crippen LogP contribution is 2.29. The number of methoxy groups -OCH3 is 2. The van der Waals surface area contributed by atoms with Gasteiger partial charge in [0.15, 0.2) is 11.5 Å². The Balaban J connectivity index is 1.73. The molecule has 0 heterocycles. The van der Waals surface area contributed by atoms with Crippen molar-refractivity contribution in [1.29, 1.82) is 0 Å². The van der Waals surface area contributed by atoms with Gasteiger partial charge in [0.25, 0.3) is 5.91 Å². The predicted octanol–water partition coefficient (Wildman–Crippen LogP) is 3.32. The minimum Gasteiger partial charge on any atom is -0.493 e. The lowest BCUT2D eigenvalue weighted by Gasteiger charge is -2.15. The van der Waals surface area contributed by atoms with Gasteiger partial charge in [-0.05, 0) is 34.5 Å². The van der Waals surface area contributed by atoms with Crippen LogP contribution < -0.4 is 14.8 Å². The third-order valence-corrected chi connectivity index (χ3v) is 4.28. The molecule has 0 saturated heterocycles. The van der Waals surface area contributed by atoms with Gasteiger partial charge in [0.2, 0.25) is 0 Å². The molecule has 3 rings (SSSR count). The molecule has 1 atom stereocenters. The number of hydrogen-bond acceptors (Lipinski definition) is 4. The molecule has 0 unspecified atom stereocenters. The molecule has 0 saturated carbocycles. The Morgan fingerprint density at radius 1 is 1.00 bits per heavy atom. The van der Waals surface area contributed by atoms with Crippen molar-refractivity contribution in [3.05, 3.63) is 71.8 Å². The van der Waals surface area contributed by atoms with Crippen LogP contribution in [-0.4, -0.2) is 31.8 Å². The highest BCUT2D eigenvalue weighted by atomic mass is 16.5. The molecule has 0 aliphatic heterocycles. The van der Waals surface area contributed by atoms with Gasteiger partial charge in [-0.2, -0.15) is 0 Å². The van der Waals surface area contributed by atoms with Gasteiger partial charge in [0.1, 0.15) is 0 Å². The number of benzene rings is 3. The number of fused-ring (bicyclic) bond motifs is 1. The molecule has 2 N–H and O–H groups in total. The van der Waals surface area contributed by atoms with Gasteiger partial charge in [-0.25, -0.2) is 0 Å². The first-order valence-corrected chi connectivity index (χ1v) is 8.30. The molecule has 26 heavy (non-hydrogen) atoms. The highest BCUT2D eigenvalue weighted by molar-refractivity contribution is 6.07. The Hall–Kier alpha value is -3.05. The van der Waals surface area contributed by atoms with Crippen LogP contribution in [0, 0.1) is 0 Å². The van der Waals surface area contributed by atoms with Crippen LogP contribution in [0.2, 0.25) is 0 Å². The summed E-state index contributed by atoms with van der Waals surface area (Å²) in [6.45, 7) is 0.0948. The molecule has 0 bridgehead atoms. The van der Waals surface area contributed by atoms with Crippen LogP contribution >= 0.6 is 0 Å². The zero-order valence-corrected chi connectivity index (χ0v) is 14.7. The van der Waals surface area contributed by atoms with Gasteiger partial charge in [-0.15, -0.1) is 0 Å². The molecular formula is C21H21NO4. The van der Waals surface area contributed by atoms with Crippen LogP contribution in [0.1, 0.15) is 22.0 Å². The molecule has 3 aromatic carbocycles. The lowest BCUT2D eigenvalue weighted by Crippen LogP contribution is -2.28. The summed E-state index contributed by atoms with van der Waals surface area (Å²) >= 11 is 0.